The molecular weight excluding hydrogens is 1690 g/mol. The largest absolute Gasteiger partial charge is 0.457 e. The molecule has 3 atom stereocenters. The summed E-state index contributed by atoms with van der Waals surface area (Å²) in [6.07, 6.45) is 10.9. The van der Waals surface area contributed by atoms with Crippen LogP contribution in [0.3, 0.4) is 0 Å². The minimum atomic E-state index is -3.79. The van der Waals surface area contributed by atoms with Gasteiger partial charge in [0, 0.05) is 148 Å². The van der Waals surface area contributed by atoms with Crippen LogP contribution >= 0.6 is 0 Å². The third-order valence-electron chi connectivity index (χ3n) is 25.5. The molecule has 9 heterocycles. The number of benzene rings is 8. The summed E-state index contributed by atoms with van der Waals surface area (Å²) >= 11 is 0. The van der Waals surface area contributed by atoms with E-state index in [9.17, 15) is 54.0 Å². The first-order valence-electron chi connectivity index (χ1n) is 45.1. The molecule has 0 bridgehead atoms. The maximum Gasteiger partial charge on any atom is 0.329 e. The van der Waals surface area contributed by atoms with Gasteiger partial charge in [0.2, 0.25) is 30.1 Å². The quantitative estimate of drug-likeness (QED) is 0.0501. The monoisotopic (exact) mass is 1800 g/mol. The Kier molecular flexibility index (Phi) is 29.1. The Balaban J connectivity index is 0.000000143. The topological polar surface area (TPSA) is 299 Å². The molecular formula is C98H113N15O13S3. The normalized spacial score (nSPS) is 18.9. The van der Waals surface area contributed by atoms with Gasteiger partial charge in [-0.2, -0.15) is 12.9 Å². The van der Waals surface area contributed by atoms with Gasteiger partial charge in [-0.05, 0) is 124 Å². The van der Waals surface area contributed by atoms with Gasteiger partial charge in [-0.15, -0.1) is 6.58 Å². The van der Waals surface area contributed by atoms with Crippen molar-refractivity contribution in [1.29, 1.82) is 0 Å². The van der Waals surface area contributed by atoms with Crippen molar-refractivity contribution < 1.29 is 44.4 Å². The fourth-order valence-electron chi connectivity index (χ4n) is 19.1. The predicted octanol–water partition coefficient (Wildman–Crippen LogP) is 11.8. The number of nitrogens with zero attached hydrogens (tertiary/aromatic N) is 12. The number of hydrogen-bond acceptors (Lipinski definition) is 16. The standard InChI is InChI=1S/C38H39N5O5S.C32H41N5O4S.C28H33N5O4S/c44-37(40-24-21-39-22-25-40)36-35(30-13-4-1-5-14-30)43(31-15-11-23-41(28-31)49(46,47)34-19-8-3-9-20-34)38(45)42(36)27-29-12-10-18-33(26-29)48-32-16-6-2-7-17-32;38-31(34-21-18-33-19-22-34)30-29(26-13-6-2-7-14-26)37(32(39)36(30)23-25-11-4-1-5-12-25)27-15-10-20-35(24-27)42(40,41)28-16-8-3-9-17-28;1-2-17-32-26(27(34)30-19-15-29-16-20-30)25(22-10-5-3-6-11-22)33(28(32)35)23-12-9-18-31(21-23)38(36,37)24-13-7-4-8-14-24/h1-10,12-14,16-20,26,31,39H,11,15,21-25,27-28H2;2-3,6-9,13-14,16-17,25,27,33H,1,4-5,10-12,15,18-24H2;2-8,10-11,13-14,23,29H,1,9,12,15-21H2. The van der Waals surface area contributed by atoms with Crippen LogP contribution in [0.4, 0.5) is 0 Å². The van der Waals surface area contributed by atoms with E-state index in [1.165, 1.54) is 23.9 Å². The highest BCUT2D eigenvalue weighted by Gasteiger charge is 2.42. The minimum Gasteiger partial charge on any atom is -0.457 e. The molecule has 0 spiro atoms. The summed E-state index contributed by atoms with van der Waals surface area (Å²) in [5, 5.41) is 9.88. The first kappa shape index (κ1) is 90.7. The lowest BCUT2D eigenvalue weighted by Crippen LogP contribution is -2.47. The smallest absolute Gasteiger partial charge is 0.329 e. The van der Waals surface area contributed by atoms with Crippen molar-refractivity contribution >= 4 is 47.8 Å². The molecule has 11 aromatic rings. The number of para-hydroxylation sites is 1. The summed E-state index contributed by atoms with van der Waals surface area (Å²) in [4.78, 5) is 92.3. The van der Waals surface area contributed by atoms with Crippen molar-refractivity contribution in [2.45, 2.75) is 123 Å². The van der Waals surface area contributed by atoms with E-state index in [-0.39, 0.29) is 88.2 Å². The van der Waals surface area contributed by atoms with E-state index in [1.54, 1.807) is 130 Å². The van der Waals surface area contributed by atoms with Crippen LogP contribution in [0, 0.1) is 5.92 Å². The van der Waals surface area contributed by atoms with Gasteiger partial charge in [0.1, 0.15) is 28.6 Å². The molecule has 1 saturated carbocycles. The number of rotatable bonds is 23. The van der Waals surface area contributed by atoms with E-state index in [4.69, 9.17) is 4.74 Å². The molecule has 18 rings (SSSR count). The average Bonchev–Trinajstić information content (AvgIpc) is 1.60. The number of piperidine rings is 3. The number of imidazole rings is 3. The number of aromatic nitrogens is 6. The third kappa shape index (κ3) is 20.1. The number of carbonyl (C=O) groups is 3. The molecule has 31 heteroatoms. The lowest BCUT2D eigenvalue weighted by molar-refractivity contribution is 0.0717. The zero-order valence-corrected chi connectivity index (χ0v) is 75.1. The maximum atomic E-state index is 14.8. The Morgan fingerprint density at radius 2 is 0.674 bits per heavy atom. The maximum absolute atomic E-state index is 14.8. The van der Waals surface area contributed by atoms with Gasteiger partial charge in [0.15, 0.2) is 0 Å². The number of nitrogens with one attached hydrogen (secondary N) is 3. The molecule has 3 aromatic heterocycles. The number of sulfonamides is 3. The Labute approximate surface area is 753 Å². The molecule has 28 nitrogen and oxygen atoms in total. The number of ether oxygens (including phenoxy) is 1. The molecule has 3 N–H and O–H groups in total. The zero-order valence-electron chi connectivity index (χ0n) is 72.6. The third-order valence-corrected chi connectivity index (χ3v) is 31.1. The van der Waals surface area contributed by atoms with Crippen LogP contribution in [0.2, 0.25) is 0 Å². The second kappa shape index (κ2) is 41.4. The van der Waals surface area contributed by atoms with Crippen molar-refractivity contribution in [3.63, 3.8) is 0 Å². The van der Waals surface area contributed by atoms with Crippen molar-refractivity contribution in [2.24, 2.45) is 5.92 Å². The number of carbonyl (C=O) groups excluding carboxylic acids is 3. The molecule has 129 heavy (non-hydrogen) atoms. The first-order chi connectivity index (χ1) is 62.8. The van der Waals surface area contributed by atoms with E-state index in [1.807, 2.05) is 150 Å². The molecule has 7 fully saturated rings. The van der Waals surface area contributed by atoms with E-state index in [0.29, 0.717) is 182 Å². The lowest BCUT2D eigenvalue weighted by Gasteiger charge is -2.33. The van der Waals surface area contributed by atoms with Crippen molar-refractivity contribution in [1.82, 2.24) is 71.0 Å². The molecule has 8 aromatic carbocycles. The highest BCUT2D eigenvalue weighted by molar-refractivity contribution is 7.89. The van der Waals surface area contributed by atoms with Crippen LogP contribution in [0.15, 0.2) is 278 Å². The van der Waals surface area contributed by atoms with Crippen LogP contribution < -0.4 is 37.8 Å². The Morgan fingerprint density at radius 1 is 0.357 bits per heavy atom. The number of amides is 3. The van der Waals surface area contributed by atoms with Gasteiger partial charge in [-0.3, -0.25) is 41.8 Å². The zero-order chi connectivity index (χ0) is 89.6. The van der Waals surface area contributed by atoms with Crippen LogP contribution in [0.25, 0.3) is 33.8 Å². The van der Waals surface area contributed by atoms with E-state index in [0.717, 1.165) is 61.0 Å². The van der Waals surface area contributed by atoms with Crippen LogP contribution in [0.5, 0.6) is 11.5 Å². The lowest BCUT2D eigenvalue weighted by atomic mass is 9.89. The summed E-state index contributed by atoms with van der Waals surface area (Å²) in [5.41, 5.74) is 4.91. The number of allylic oxidation sites excluding steroid dienone is 1. The molecule has 676 valence electrons. The second-order valence-corrected chi connectivity index (χ2v) is 39.7. The molecule has 6 aliphatic heterocycles. The highest BCUT2D eigenvalue weighted by atomic mass is 32.2. The molecule has 6 saturated heterocycles. The highest BCUT2D eigenvalue weighted by Crippen LogP contribution is 2.39. The van der Waals surface area contributed by atoms with Crippen LogP contribution in [-0.4, -0.2) is 216 Å². The van der Waals surface area contributed by atoms with Gasteiger partial charge in [0.05, 0.1) is 56.4 Å². The Hall–Kier alpha value is -11.7. The van der Waals surface area contributed by atoms with Crippen molar-refractivity contribution in [2.75, 3.05) is 118 Å². The summed E-state index contributed by atoms with van der Waals surface area (Å²) in [6.45, 7) is 13.6. The fourth-order valence-corrected chi connectivity index (χ4v) is 23.7. The average molecular weight is 1810 g/mol. The number of piperazine rings is 3. The van der Waals surface area contributed by atoms with Gasteiger partial charge in [-0.25, -0.2) is 39.6 Å². The molecule has 3 amide bonds. The first-order valence-corrected chi connectivity index (χ1v) is 49.4. The van der Waals surface area contributed by atoms with Gasteiger partial charge >= 0.3 is 17.1 Å². The second-order valence-electron chi connectivity index (χ2n) is 33.9. The number of hydrogen-bond donors (Lipinski definition) is 3. The molecule has 0 radical (unpaired) electrons. The van der Waals surface area contributed by atoms with Gasteiger partial charge in [0.25, 0.3) is 17.7 Å². The summed E-state index contributed by atoms with van der Waals surface area (Å²) in [7, 11) is -11.2. The van der Waals surface area contributed by atoms with Crippen molar-refractivity contribution in [3.05, 3.63) is 303 Å². The molecule has 7 aliphatic rings. The summed E-state index contributed by atoms with van der Waals surface area (Å²) in [6, 6.07) is 69.5. The molecule has 3 unspecified atom stereocenters. The fraction of sp³-hybridized carbons (Fsp3) is 0.367. The predicted molar refractivity (Wildman–Crippen MR) is 498 cm³/mol. The summed E-state index contributed by atoms with van der Waals surface area (Å²) < 4.78 is 102. The van der Waals surface area contributed by atoms with E-state index in [2.05, 4.69) is 22.5 Å². The van der Waals surface area contributed by atoms with Crippen molar-refractivity contribution in [3.8, 4) is 45.3 Å². The molecule has 1 aliphatic carbocycles. The SMILES string of the molecule is C=CCn1c(C(=O)N2CCNCC2)c(-c2ccccc2)n(C2CCCN(S(=O)(=O)c3ccccc3)C2)c1=O.O=C(c1c(-c2ccccc2)n(C2CCCN(S(=O)(=O)c3ccccc3)C2)c(=O)n1CC1CCCCC1)N1CCNCC1.O=C(c1c(-c2ccccc2)n(C2CCCN(S(=O)(=O)c3ccccc3)C2)c(=O)n1Cc1cccc(Oc2ccccc2)c1)N1CCNCC1. The van der Waals surface area contributed by atoms with E-state index >= 15 is 0 Å². The Morgan fingerprint density at radius 3 is 1.04 bits per heavy atom. The van der Waals surface area contributed by atoms with Crippen LogP contribution in [-0.2, 0) is 49.7 Å². The Bertz CT molecular complexity index is 6270. The van der Waals surface area contributed by atoms with Gasteiger partial charge in [-0.1, -0.05) is 201 Å². The summed E-state index contributed by atoms with van der Waals surface area (Å²) in [5.74, 6) is 1.10. The van der Waals surface area contributed by atoms with Crippen LogP contribution in [0.1, 0.15) is 126 Å². The van der Waals surface area contributed by atoms with E-state index < -0.39 is 42.2 Å². The minimum absolute atomic E-state index is 0.114. The van der Waals surface area contributed by atoms with Gasteiger partial charge < -0.3 is 35.4 Å².